The van der Waals surface area contributed by atoms with Gasteiger partial charge in [0, 0.05) is 34.9 Å². The fraction of sp³-hybridized carbons (Fsp3) is 0.333. The average Bonchev–Trinajstić information content (AvgIpc) is 3.34. The van der Waals surface area contributed by atoms with Crippen LogP contribution < -0.4 is 10.6 Å². The molecule has 3 rings (SSSR count). The number of esters is 1. The zero-order valence-corrected chi connectivity index (χ0v) is 20.4. The predicted molar refractivity (Wildman–Crippen MR) is 129 cm³/mol. The van der Waals surface area contributed by atoms with Gasteiger partial charge in [-0.3, -0.25) is 9.59 Å². The molecule has 1 atom stereocenters. The maximum atomic E-state index is 12.6. The third-order valence-electron chi connectivity index (χ3n) is 5.30. The molecule has 0 aliphatic carbocycles. The molecule has 2 aromatic heterocycles. The van der Waals surface area contributed by atoms with Crippen LogP contribution in [-0.4, -0.2) is 40.5 Å². The van der Waals surface area contributed by atoms with Gasteiger partial charge in [0.25, 0.3) is 0 Å². The third kappa shape index (κ3) is 5.31. The van der Waals surface area contributed by atoms with Crippen LogP contribution in [0, 0.1) is 19.8 Å². The quantitative estimate of drug-likeness (QED) is 0.508. The van der Waals surface area contributed by atoms with Crippen LogP contribution in [0.15, 0.2) is 35.7 Å². The van der Waals surface area contributed by atoms with Crippen LogP contribution in [0.5, 0.6) is 0 Å². The van der Waals surface area contributed by atoms with Crippen molar-refractivity contribution >= 4 is 34.3 Å². The van der Waals surface area contributed by atoms with E-state index in [4.69, 9.17) is 4.74 Å². The molecule has 0 aliphatic rings. The molecule has 0 unspecified atom stereocenters. The summed E-state index contributed by atoms with van der Waals surface area (Å²) in [7, 11) is 1.36. The lowest BCUT2D eigenvalue weighted by molar-refractivity contribution is -0.126. The highest BCUT2D eigenvalue weighted by Crippen LogP contribution is 2.32. The van der Waals surface area contributed by atoms with Crippen molar-refractivity contribution in [2.24, 2.45) is 5.92 Å². The van der Waals surface area contributed by atoms with Gasteiger partial charge in [-0.05, 0) is 50.1 Å². The Morgan fingerprint density at radius 1 is 1.12 bits per heavy atom. The highest BCUT2D eigenvalue weighted by molar-refractivity contribution is 7.14. The molecule has 0 bridgehead atoms. The second kappa shape index (κ2) is 9.99. The third-order valence-corrected chi connectivity index (χ3v) is 6.05. The number of rotatable bonds is 7. The van der Waals surface area contributed by atoms with E-state index in [-0.39, 0.29) is 23.7 Å². The highest BCUT2D eigenvalue weighted by atomic mass is 32.1. The van der Waals surface area contributed by atoms with Gasteiger partial charge in [0.15, 0.2) is 5.13 Å². The van der Waals surface area contributed by atoms with Crippen molar-refractivity contribution in [3.05, 3.63) is 52.7 Å². The van der Waals surface area contributed by atoms with Gasteiger partial charge in [-0.15, -0.1) is 11.3 Å². The summed E-state index contributed by atoms with van der Waals surface area (Å²) < 4.78 is 6.85. The van der Waals surface area contributed by atoms with Crippen LogP contribution in [0.3, 0.4) is 0 Å². The van der Waals surface area contributed by atoms with Gasteiger partial charge < -0.3 is 19.9 Å². The molecule has 1 aromatic carbocycles. The maximum Gasteiger partial charge on any atom is 0.337 e. The van der Waals surface area contributed by atoms with Crippen molar-refractivity contribution in [2.75, 3.05) is 12.4 Å². The van der Waals surface area contributed by atoms with Gasteiger partial charge in [-0.25, -0.2) is 9.78 Å². The minimum atomic E-state index is -0.632. The van der Waals surface area contributed by atoms with E-state index < -0.39 is 6.04 Å². The highest BCUT2D eigenvalue weighted by Gasteiger charge is 2.24. The Kier molecular flexibility index (Phi) is 7.33. The number of amides is 2. The first kappa shape index (κ1) is 24.2. The Morgan fingerprint density at radius 3 is 2.36 bits per heavy atom. The number of carbonyl (C=O) groups is 3. The van der Waals surface area contributed by atoms with E-state index in [1.807, 2.05) is 51.3 Å². The zero-order valence-electron chi connectivity index (χ0n) is 19.6. The summed E-state index contributed by atoms with van der Waals surface area (Å²) in [5, 5.41) is 7.87. The summed E-state index contributed by atoms with van der Waals surface area (Å²) in [4.78, 5) is 40.4. The number of ether oxygens (including phenoxy) is 1. The molecule has 3 aromatic rings. The summed E-state index contributed by atoms with van der Waals surface area (Å²) in [5.41, 5.74) is 5.10. The zero-order chi connectivity index (χ0) is 24.3. The van der Waals surface area contributed by atoms with Crippen molar-refractivity contribution < 1.29 is 19.1 Å². The van der Waals surface area contributed by atoms with Crippen LogP contribution >= 0.6 is 11.3 Å². The molecule has 174 valence electrons. The topological polar surface area (TPSA) is 102 Å². The molecular formula is C24H28N4O4S. The number of hydrogen-bond acceptors (Lipinski definition) is 6. The molecule has 2 N–H and O–H groups in total. The molecule has 2 amide bonds. The number of carbonyl (C=O) groups excluding carboxylic acids is 3. The lowest BCUT2D eigenvalue weighted by Crippen LogP contribution is -2.46. The normalized spacial score (nSPS) is 11.8. The van der Waals surface area contributed by atoms with E-state index >= 15 is 0 Å². The monoisotopic (exact) mass is 468 g/mol. The first-order chi connectivity index (χ1) is 15.6. The SMILES string of the molecule is COC(=O)c1ccc(-n2c(C)cc(-c3csc(NC(=O)[C@H](NC(C)=O)C(C)C)n3)c2C)cc1. The van der Waals surface area contributed by atoms with Crippen molar-refractivity contribution in [3.8, 4) is 16.9 Å². The minimum absolute atomic E-state index is 0.0576. The predicted octanol–water partition coefficient (Wildman–Crippen LogP) is 4.10. The van der Waals surface area contributed by atoms with Gasteiger partial charge in [0.05, 0.1) is 18.4 Å². The Morgan fingerprint density at radius 2 is 1.79 bits per heavy atom. The molecule has 33 heavy (non-hydrogen) atoms. The second-order valence-corrected chi connectivity index (χ2v) is 8.97. The van der Waals surface area contributed by atoms with Crippen molar-refractivity contribution in [1.82, 2.24) is 14.9 Å². The summed E-state index contributed by atoms with van der Waals surface area (Å²) in [6.45, 7) is 9.14. The molecule has 0 saturated heterocycles. The summed E-state index contributed by atoms with van der Waals surface area (Å²) in [6.07, 6.45) is 0. The molecule has 2 heterocycles. The Hall–Kier alpha value is -3.46. The van der Waals surface area contributed by atoms with Crippen LogP contribution in [-0.2, 0) is 14.3 Å². The van der Waals surface area contributed by atoms with Crippen molar-refractivity contribution in [1.29, 1.82) is 0 Å². The molecule has 8 nitrogen and oxygen atoms in total. The van der Waals surface area contributed by atoms with E-state index in [9.17, 15) is 14.4 Å². The van der Waals surface area contributed by atoms with E-state index in [0.717, 1.165) is 28.3 Å². The Bertz CT molecular complexity index is 1180. The first-order valence-electron chi connectivity index (χ1n) is 10.5. The second-order valence-electron chi connectivity index (χ2n) is 8.11. The molecule has 0 aliphatic heterocycles. The lowest BCUT2D eigenvalue weighted by atomic mass is 10.0. The number of aryl methyl sites for hydroxylation is 1. The number of anilines is 1. The number of aromatic nitrogens is 2. The number of thiazole rings is 1. The molecule has 9 heteroatoms. The van der Waals surface area contributed by atoms with Crippen molar-refractivity contribution in [2.45, 2.75) is 40.7 Å². The van der Waals surface area contributed by atoms with Crippen LogP contribution in [0.4, 0.5) is 5.13 Å². The summed E-state index contributed by atoms with van der Waals surface area (Å²) in [6, 6.07) is 8.62. The fourth-order valence-electron chi connectivity index (χ4n) is 3.68. The smallest absolute Gasteiger partial charge is 0.337 e. The standard InChI is InChI=1S/C24H28N4O4S/c1-13(2)21(25-16(5)29)22(30)27-24-26-20(12-33-24)19-11-14(3)28(15(19)4)18-9-7-17(8-10-18)23(31)32-6/h7-13,21H,1-6H3,(H,25,29)(H,26,27,30)/t21-/m1/s1. The molecule has 0 fully saturated rings. The average molecular weight is 469 g/mol. The summed E-state index contributed by atoms with van der Waals surface area (Å²) in [5.74, 6) is -0.982. The van der Waals surface area contributed by atoms with Crippen molar-refractivity contribution in [3.63, 3.8) is 0 Å². The van der Waals surface area contributed by atoms with Crippen LogP contribution in [0.1, 0.15) is 42.5 Å². The Labute approximate surface area is 197 Å². The maximum absolute atomic E-state index is 12.6. The molecule has 0 saturated carbocycles. The largest absolute Gasteiger partial charge is 0.465 e. The van der Waals surface area contributed by atoms with Gasteiger partial charge in [-0.2, -0.15) is 0 Å². The van der Waals surface area contributed by atoms with Gasteiger partial charge >= 0.3 is 5.97 Å². The van der Waals surface area contributed by atoms with Gasteiger partial charge in [-0.1, -0.05) is 13.8 Å². The van der Waals surface area contributed by atoms with E-state index in [0.29, 0.717) is 10.7 Å². The van der Waals surface area contributed by atoms with Gasteiger partial charge in [0.1, 0.15) is 6.04 Å². The van der Waals surface area contributed by atoms with E-state index in [1.165, 1.54) is 25.4 Å². The number of methoxy groups -OCH3 is 1. The lowest BCUT2D eigenvalue weighted by Gasteiger charge is -2.20. The summed E-state index contributed by atoms with van der Waals surface area (Å²) >= 11 is 1.33. The number of nitrogens with one attached hydrogen (secondary N) is 2. The van der Waals surface area contributed by atoms with E-state index in [2.05, 4.69) is 20.2 Å². The number of nitrogens with zero attached hydrogens (tertiary/aromatic N) is 2. The number of hydrogen-bond donors (Lipinski definition) is 2. The molecule has 0 radical (unpaired) electrons. The van der Waals surface area contributed by atoms with E-state index in [1.54, 1.807) is 12.1 Å². The first-order valence-corrected chi connectivity index (χ1v) is 11.4. The molecule has 0 spiro atoms. The van der Waals surface area contributed by atoms with Crippen LogP contribution in [0.2, 0.25) is 0 Å². The Balaban J connectivity index is 1.84. The fourth-order valence-corrected chi connectivity index (χ4v) is 4.39. The molecular weight excluding hydrogens is 440 g/mol. The van der Waals surface area contributed by atoms with Gasteiger partial charge in [0.2, 0.25) is 11.8 Å². The number of benzene rings is 1. The minimum Gasteiger partial charge on any atom is -0.465 e. The van der Waals surface area contributed by atoms with Crippen LogP contribution in [0.25, 0.3) is 16.9 Å².